The first-order valence-corrected chi connectivity index (χ1v) is 9.93. The van der Waals surface area contributed by atoms with Crippen LogP contribution in [0.25, 0.3) is 0 Å². The third kappa shape index (κ3) is 6.79. The molecule has 0 aromatic heterocycles. The maximum atomic E-state index is 11.9. The Morgan fingerprint density at radius 1 is 1.04 bits per heavy atom. The standard InChI is InChI=1S/C19H38N4O.H2/c1-17(2)19(24)16-23-13-11-22(12-14-23)15-18-5-9-21(10-6-18)8-4-7-20-3;/h17-18,20H,4-16H2,1-3H3;1H. The second-order valence-electron chi connectivity index (χ2n) is 7.94. The van der Waals surface area contributed by atoms with Crippen molar-refractivity contribution in [3.63, 3.8) is 0 Å². The number of nitrogens with one attached hydrogen (secondary N) is 1. The van der Waals surface area contributed by atoms with Gasteiger partial charge in [0.15, 0.2) is 0 Å². The van der Waals surface area contributed by atoms with Crippen molar-refractivity contribution >= 4 is 5.78 Å². The summed E-state index contributed by atoms with van der Waals surface area (Å²) in [4.78, 5) is 19.5. The highest BCUT2D eigenvalue weighted by Gasteiger charge is 2.24. The summed E-state index contributed by atoms with van der Waals surface area (Å²) < 4.78 is 0. The van der Waals surface area contributed by atoms with Crippen molar-refractivity contribution in [1.29, 1.82) is 0 Å². The van der Waals surface area contributed by atoms with E-state index in [4.69, 9.17) is 0 Å². The van der Waals surface area contributed by atoms with Crippen LogP contribution in [0.3, 0.4) is 0 Å². The largest absolute Gasteiger partial charge is 0.320 e. The summed E-state index contributed by atoms with van der Waals surface area (Å²) >= 11 is 0. The van der Waals surface area contributed by atoms with E-state index in [0.717, 1.165) is 38.6 Å². The molecular weight excluding hydrogens is 300 g/mol. The summed E-state index contributed by atoms with van der Waals surface area (Å²) in [5, 5.41) is 3.23. The normalized spacial score (nSPS) is 22.3. The van der Waals surface area contributed by atoms with Crippen LogP contribution in [-0.4, -0.2) is 93.0 Å². The minimum atomic E-state index is 0. The van der Waals surface area contributed by atoms with E-state index in [1.165, 1.54) is 45.4 Å². The summed E-state index contributed by atoms with van der Waals surface area (Å²) in [6.07, 6.45) is 3.97. The van der Waals surface area contributed by atoms with Gasteiger partial charge in [-0.1, -0.05) is 13.8 Å². The van der Waals surface area contributed by atoms with Gasteiger partial charge in [-0.25, -0.2) is 0 Å². The second kappa shape index (κ2) is 10.5. The van der Waals surface area contributed by atoms with E-state index in [0.29, 0.717) is 12.3 Å². The van der Waals surface area contributed by atoms with Gasteiger partial charge in [-0.05, 0) is 58.4 Å². The average Bonchev–Trinajstić information content (AvgIpc) is 2.58. The minimum absolute atomic E-state index is 0. The van der Waals surface area contributed by atoms with Crippen molar-refractivity contribution in [3.05, 3.63) is 0 Å². The van der Waals surface area contributed by atoms with Gasteiger partial charge in [0, 0.05) is 40.1 Å². The highest BCUT2D eigenvalue weighted by molar-refractivity contribution is 5.82. The van der Waals surface area contributed by atoms with Gasteiger partial charge in [-0.15, -0.1) is 0 Å². The number of rotatable bonds is 9. The fourth-order valence-electron chi connectivity index (χ4n) is 3.77. The number of Topliss-reactive ketones (excluding diaryl/α,β-unsaturated/α-hetero) is 1. The molecule has 24 heavy (non-hydrogen) atoms. The van der Waals surface area contributed by atoms with Crippen molar-refractivity contribution in [1.82, 2.24) is 20.0 Å². The SMILES string of the molecule is CNCCCN1CCC(CN2CCN(CC(=O)C(C)C)CC2)CC1.[HH]. The molecular formula is C19H40N4O. The van der Waals surface area contributed by atoms with Crippen LogP contribution in [0.5, 0.6) is 0 Å². The molecule has 0 bridgehead atoms. The quantitative estimate of drug-likeness (QED) is 0.642. The molecule has 5 nitrogen and oxygen atoms in total. The molecule has 0 aromatic rings. The van der Waals surface area contributed by atoms with Crippen molar-refractivity contribution in [3.8, 4) is 0 Å². The third-order valence-electron chi connectivity index (χ3n) is 5.61. The Bertz CT molecular complexity index is 364. The average molecular weight is 341 g/mol. The first-order chi connectivity index (χ1) is 11.6. The maximum Gasteiger partial charge on any atom is 0.149 e. The van der Waals surface area contributed by atoms with Crippen molar-refractivity contribution < 1.29 is 6.22 Å². The Balaban J connectivity index is 0.00000312. The number of carbonyl (C=O) groups excluding carboxylic acids is 1. The summed E-state index contributed by atoms with van der Waals surface area (Å²) in [5.41, 5.74) is 0. The zero-order chi connectivity index (χ0) is 17.4. The minimum Gasteiger partial charge on any atom is -0.320 e. The van der Waals surface area contributed by atoms with Gasteiger partial charge in [0.1, 0.15) is 5.78 Å². The lowest BCUT2D eigenvalue weighted by Crippen LogP contribution is -2.50. The van der Waals surface area contributed by atoms with E-state index < -0.39 is 0 Å². The van der Waals surface area contributed by atoms with Crippen molar-refractivity contribution in [2.75, 3.05) is 72.5 Å². The lowest BCUT2D eigenvalue weighted by Gasteiger charge is -2.38. The molecule has 2 heterocycles. The molecule has 0 spiro atoms. The third-order valence-corrected chi connectivity index (χ3v) is 5.61. The van der Waals surface area contributed by atoms with Crippen LogP contribution in [0.1, 0.15) is 34.5 Å². The lowest BCUT2D eigenvalue weighted by atomic mass is 9.95. The van der Waals surface area contributed by atoms with Gasteiger partial charge in [0.05, 0.1) is 6.54 Å². The molecule has 2 aliphatic heterocycles. The Kier molecular flexibility index (Phi) is 8.67. The van der Waals surface area contributed by atoms with Gasteiger partial charge in [0.25, 0.3) is 0 Å². The molecule has 0 aromatic carbocycles. The fourth-order valence-corrected chi connectivity index (χ4v) is 3.77. The number of hydrogen-bond donors (Lipinski definition) is 1. The van der Waals surface area contributed by atoms with E-state index in [-0.39, 0.29) is 7.34 Å². The van der Waals surface area contributed by atoms with Gasteiger partial charge >= 0.3 is 0 Å². The van der Waals surface area contributed by atoms with Crippen LogP contribution in [0.2, 0.25) is 0 Å². The molecule has 2 rings (SSSR count). The van der Waals surface area contributed by atoms with E-state index in [1.54, 1.807) is 0 Å². The summed E-state index contributed by atoms with van der Waals surface area (Å²) in [6, 6.07) is 0. The van der Waals surface area contributed by atoms with E-state index in [9.17, 15) is 4.79 Å². The van der Waals surface area contributed by atoms with E-state index >= 15 is 0 Å². The number of piperidine rings is 1. The fraction of sp³-hybridized carbons (Fsp3) is 0.947. The molecule has 0 aliphatic carbocycles. The number of ketones is 1. The second-order valence-corrected chi connectivity index (χ2v) is 7.94. The molecule has 0 amide bonds. The number of hydrogen-bond acceptors (Lipinski definition) is 5. The van der Waals surface area contributed by atoms with Crippen LogP contribution in [0.15, 0.2) is 0 Å². The summed E-state index contributed by atoms with van der Waals surface area (Å²) in [6.45, 7) is 15.2. The van der Waals surface area contributed by atoms with E-state index in [2.05, 4.69) is 20.0 Å². The molecule has 1 N–H and O–H groups in total. The molecule has 2 fully saturated rings. The zero-order valence-electron chi connectivity index (χ0n) is 16.1. The topological polar surface area (TPSA) is 38.8 Å². The molecule has 0 radical (unpaired) electrons. The first-order valence-electron chi connectivity index (χ1n) is 9.93. The van der Waals surface area contributed by atoms with Crippen molar-refractivity contribution in [2.45, 2.75) is 33.1 Å². The highest BCUT2D eigenvalue weighted by atomic mass is 16.1. The molecule has 0 unspecified atom stereocenters. The van der Waals surface area contributed by atoms with Crippen LogP contribution in [0.4, 0.5) is 0 Å². The van der Waals surface area contributed by atoms with Crippen LogP contribution in [0, 0.1) is 11.8 Å². The molecule has 2 aliphatic rings. The predicted molar refractivity (Wildman–Crippen MR) is 103 cm³/mol. The number of carbonyl (C=O) groups is 1. The van der Waals surface area contributed by atoms with Gasteiger partial charge < -0.3 is 15.1 Å². The van der Waals surface area contributed by atoms with Crippen LogP contribution in [-0.2, 0) is 4.79 Å². The Morgan fingerprint density at radius 2 is 1.67 bits per heavy atom. The molecule has 0 saturated carbocycles. The van der Waals surface area contributed by atoms with Crippen LogP contribution >= 0.6 is 0 Å². The number of nitrogens with zero attached hydrogens (tertiary/aromatic N) is 3. The van der Waals surface area contributed by atoms with Gasteiger partial charge in [-0.3, -0.25) is 9.69 Å². The lowest BCUT2D eigenvalue weighted by molar-refractivity contribution is -0.123. The van der Waals surface area contributed by atoms with E-state index in [1.807, 2.05) is 20.9 Å². The smallest absolute Gasteiger partial charge is 0.149 e. The molecule has 2 saturated heterocycles. The first kappa shape index (κ1) is 19.8. The Labute approximate surface area is 150 Å². The maximum absolute atomic E-state index is 11.9. The Morgan fingerprint density at radius 3 is 2.25 bits per heavy atom. The number of piperazine rings is 1. The van der Waals surface area contributed by atoms with Gasteiger partial charge in [-0.2, -0.15) is 0 Å². The highest BCUT2D eigenvalue weighted by Crippen LogP contribution is 2.19. The van der Waals surface area contributed by atoms with Crippen molar-refractivity contribution in [2.24, 2.45) is 11.8 Å². The number of likely N-dealkylation sites (tertiary alicyclic amines) is 1. The monoisotopic (exact) mass is 340 g/mol. The predicted octanol–water partition coefficient (Wildman–Crippen LogP) is 1.40. The Hall–Kier alpha value is -0.490. The summed E-state index contributed by atoms with van der Waals surface area (Å²) in [7, 11) is 2.03. The van der Waals surface area contributed by atoms with Gasteiger partial charge in [0.2, 0.25) is 0 Å². The molecule has 142 valence electrons. The van der Waals surface area contributed by atoms with Crippen LogP contribution < -0.4 is 5.32 Å². The summed E-state index contributed by atoms with van der Waals surface area (Å²) in [5.74, 6) is 1.42. The zero-order valence-corrected chi connectivity index (χ0v) is 16.1. The molecule has 0 atom stereocenters. The molecule has 5 heteroatoms.